The maximum absolute atomic E-state index is 10.9. The molecule has 0 saturated heterocycles. The lowest BCUT2D eigenvalue weighted by atomic mass is 9.79. The number of hydrogen-bond donors (Lipinski definition) is 2. The quantitative estimate of drug-likeness (QED) is 0.847. The van der Waals surface area contributed by atoms with E-state index < -0.39 is 11.4 Å². The van der Waals surface area contributed by atoms with E-state index in [-0.39, 0.29) is 13.0 Å². The normalized spacial score (nSPS) is 14.1. The van der Waals surface area contributed by atoms with Gasteiger partial charge in [0, 0.05) is 22.5 Å². The van der Waals surface area contributed by atoms with Crippen molar-refractivity contribution in [2.75, 3.05) is 13.7 Å². The molecule has 0 aliphatic heterocycles. The van der Waals surface area contributed by atoms with Gasteiger partial charge in [-0.25, -0.2) is 0 Å². The Hall–Kier alpha value is -1.26. The number of ether oxygens (including phenoxy) is 1. The van der Waals surface area contributed by atoms with Gasteiger partial charge < -0.3 is 15.6 Å². The monoisotopic (exact) mass is 257 g/mol. The van der Waals surface area contributed by atoms with Crippen molar-refractivity contribution in [3.63, 3.8) is 0 Å². The molecule has 1 aromatic carbocycles. The molecule has 1 atom stereocenters. The Bertz CT molecular complexity index is 422. The lowest BCUT2D eigenvalue weighted by Crippen LogP contribution is -2.34. The zero-order valence-electron chi connectivity index (χ0n) is 9.87. The first kappa shape index (κ1) is 13.8. The van der Waals surface area contributed by atoms with Crippen molar-refractivity contribution in [3.05, 3.63) is 28.8 Å². The van der Waals surface area contributed by atoms with E-state index in [1.165, 1.54) is 7.11 Å². The average molecular weight is 258 g/mol. The van der Waals surface area contributed by atoms with Crippen LogP contribution in [-0.2, 0) is 10.2 Å². The number of nitrogens with two attached hydrogens (primary N) is 1. The summed E-state index contributed by atoms with van der Waals surface area (Å²) in [5, 5.41) is 9.48. The summed E-state index contributed by atoms with van der Waals surface area (Å²) in [5.41, 5.74) is 5.73. The summed E-state index contributed by atoms with van der Waals surface area (Å²) in [7, 11) is 1.53. The molecule has 0 heterocycles. The lowest BCUT2D eigenvalue weighted by molar-refractivity contribution is -0.138. The first-order valence-corrected chi connectivity index (χ1v) is 5.56. The average Bonchev–Trinajstić information content (AvgIpc) is 2.28. The van der Waals surface area contributed by atoms with Crippen LogP contribution in [0.25, 0.3) is 0 Å². The molecule has 0 fully saturated rings. The zero-order valence-corrected chi connectivity index (χ0v) is 10.6. The van der Waals surface area contributed by atoms with E-state index in [1.54, 1.807) is 25.1 Å². The third kappa shape index (κ3) is 3.11. The molecule has 1 rings (SSSR count). The molecule has 0 radical (unpaired) electrons. The molecule has 0 bridgehead atoms. The first-order chi connectivity index (χ1) is 7.92. The molecule has 17 heavy (non-hydrogen) atoms. The van der Waals surface area contributed by atoms with E-state index in [9.17, 15) is 4.79 Å². The summed E-state index contributed by atoms with van der Waals surface area (Å²) in [6, 6.07) is 5.12. The van der Waals surface area contributed by atoms with Crippen molar-refractivity contribution in [2.24, 2.45) is 5.73 Å². The summed E-state index contributed by atoms with van der Waals surface area (Å²) in [4.78, 5) is 10.9. The van der Waals surface area contributed by atoms with Crippen molar-refractivity contribution in [1.82, 2.24) is 0 Å². The van der Waals surface area contributed by atoms with Gasteiger partial charge in [-0.3, -0.25) is 4.79 Å². The van der Waals surface area contributed by atoms with Gasteiger partial charge in [-0.15, -0.1) is 0 Å². The Morgan fingerprint density at radius 3 is 2.71 bits per heavy atom. The third-order valence-corrected chi connectivity index (χ3v) is 3.04. The maximum atomic E-state index is 10.9. The minimum atomic E-state index is -0.903. The van der Waals surface area contributed by atoms with Crippen molar-refractivity contribution in [1.29, 1.82) is 0 Å². The Morgan fingerprint density at radius 2 is 2.24 bits per heavy atom. The van der Waals surface area contributed by atoms with Crippen molar-refractivity contribution < 1.29 is 14.6 Å². The molecule has 0 amide bonds. The zero-order chi connectivity index (χ0) is 13.1. The van der Waals surface area contributed by atoms with Crippen LogP contribution in [0.5, 0.6) is 5.75 Å². The number of halogens is 1. The Labute approximate surface area is 105 Å². The Morgan fingerprint density at radius 1 is 1.59 bits per heavy atom. The van der Waals surface area contributed by atoms with Crippen LogP contribution in [0.15, 0.2) is 18.2 Å². The molecule has 1 aromatic rings. The van der Waals surface area contributed by atoms with Gasteiger partial charge >= 0.3 is 5.97 Å². The van der Waals surface area contributed by atoms with E-state index in [0.29, 0.717) is 10.8 Å². The van der Waals surface area contributed by atoms with Gasteiger partial charge in [0.2, 0.25) is 0 Å². The van der Waals surface area contributed by atoms with Gasteiger partial charge in [0.25, 0.3) is 0 Å². The number of carboxylic acid groups (broad SMARTS) is 1. The van der Waals surface area contributed by atoms with E-state index in [4.69, 9.17) is 27.2 Å². The second-order valence-electron chi connectivity index (χ2n) is 4.18. The molecular formula is C12H16ClNO3. The highest BCUT2D eigenvalue weighted by Gasteiger charge is 2.31. The Kier molecular flexibility index (Phi) is 4.37. The second-order valence-corrected chi connectivity index (χ2v) is 4.62. The summed E-state index contributed by atoms with van der Waals surface area (Å²) >= 11 is 5.93. The number of aliphatic carboxylic acids is 1. The summed E-state index contributed by atoms with van der Waals surface area (Å²) < 4.78 is 5.22. The van der Waals surface area contributed by atoms with E-state index in [1.807, 2.05) is 0 Å². The number of rotatable bonds is 5. The van der Waals surface area contributed by atoms with Crippen molar-refractivity contribution >= 4 is 17.6 Å². The number of carboxylic acids is 1. The SMILES string of the molecule is COc1ccc(Cl)cc1C(C)(CN)CC(=O)O. The highest BCUT2D eigenvalue weighted by Crippen LogP contribution is 2.35. The number of benzene rings is 1. The smallest absolute Gasteiger partial charge is 0.304 e. The van der Waals surface area contributed by atoms with Crippen molar-refractivity contribution in [3.8, 4) is 5.75 Å². The van der Waals surface area contributed by atoms with Crippen LogP contribution in [0.2, 0.25) is 5.02 Å². The molecule has 0 aliphatic carbocycles. The molecule has 0 aliphatic rings. The van der Waals surface area contributed by atoms with Crippen molar-refractivity contribution in [2.45, 2.75) is 18.8 Å². The van der Waals surface area contributed by atoms with Gasteiger partial charge in [0.05, 0.1) is 13.5 Å². The van der Waals surface area contributed by atoms with Crippen LogP contribution in [0, 0.1) is 0 Å². The molecular weight excluding hydrogens is 242 g/mol. The van der Waals surface area contributed by atoms with Gasteiger partial charge in [-0.2, -0.15) is 0 Å². The predicted molar refractivity (Wildman–Crippen MR) is 66.7 cm³/mol. The van der Waals surface area contributed by atoms with E-state index >= 15 is 0 Å². The molecule has 0 spiro atoms. The van der Waals surface area contributed by atoms with Crippen LogP contribution in [0.1, 0.15) is 18.9 Å². The van der Waals surface area contributed by atoms with Gasteiger partial charge in [0.1, 0.15) is 5.75 Å². The summed E-state index contributed by atoms with van der Waals surface area (Å²) in [6.07, 6.45) is -0.0692. The summed E-state index contributed by atoms with van der Waals surface area (Å²) in [5.74, 6) is -0.302. The molecule has 0 aromatic heterocycles. The Balaban J connectivity index is 3.26. The van der Waals surface area contributed by atoms with E-state index in [2.05, 4.69) is 0 Å². The molecule has 94 valence electrons. The van der Waals surface area contributed by atoms with Crippen LogP contribution < -0.4 is 10.5 Å². The van der Waals surface area contributed by atoms with Gasteiger partial charge in [0.15, 0.2) is 0 Å². The van der Waals surface area contributed by atoms with Crippen LogP contribution in [-0.4, -0.2) is 24.7 Å². The molecule has 5 heteroatoms. The van der Waals surface area contributed by atoms with Crippen LogP contribution in [0.3, 0.4) is 0 Å². The fourth-order valence-electron chi connectivity index (χ4n) is 1.76. The highest BCUT2D eigenvalue weighted by molar-refractivity contribution is 6.30. The van der Waals surface area contributed by atoms with Gasteiger partial charge in [-0.05, 0) is 18.2 Å². The van der Waals surface area contributed by atoms with Gasteiger partial charge in [-0.1, -0.05) is 18.5 Å². The molecule has 0 saturated carbocycles. The second kappa shape index (κ2) is 5.38. The molecule has 3 N–H and O–H groups in total. The minimum Gasteiger partial charge on any atom is -0.496 e. The number of carbonyl (C=O) groups is 1. The molecule has 4 nitrogen and oxygen atoms in total. The first-order valence-electron chi connectivity index (χ1n) is 5.19. The highest BCUT2D eigenvalue weighted by atomic mass is 35.5. The van der Waals surface area contributed by atoms with Crippen LogP contribution >= 0.6 is 11.6 Å². The lowest BCUT2D eigenvalue weighted by Gasteiger charge is -2.28. The molecule has 1 unspecified atom stereocenters. The topological polar surface area (TPSA) is 72.5 Å². The van der Waals surface area contributed by atoms with Crippen LogP contribution in [0.4, 0.5) is 0 Å². The fourth-order valence-corrected chi connectivity index (χ4v) is 1.94. The predicted octanol–water partition coefficient (Wildman–Crippen LogP) is 2.04. The maximum Gasteiger partial charge on any atom is 0.304 e. The largest absolute Gasteiger partial charge is 0.496 e. The summed E-state index contributed by atoms with van der Waals surface area (Å²) in [6.45, 7) is 1.99. The standard InChI is InChI=1S/C12H16ClNO3/c1-12(7-14,6-11(15)16)9-5-8(13)3-4-10(9)17-2/h3-5H,6-7,14H2,1-2H3,(H,15,16). The fraction of sp³-hybridized carbons (Fsp3) is 0.417. The third-order valence-electron chi connectivity index (χ3n) is 2.80. The number of hydrogen-bond acceptors (Lipinski definition) is 3. The van der Waals surface area contributed by atoms with E-state index in [0.717, 1.165) is 5.56 Å². The number of methoxy groups -OCH3 is 1. The minimum absolute atomic E-state index is 0.0692.